The smallest absolute Gasteiger partial charge is 0.263 e. The van der Waals surface area contributed by atoms with Crippen molar-refractivity contribution in [2.45, 2.75) is 13.0 Å². The van der Waals surface area contributed by atoms with Crippen LogP contribution in [-0.4, -0.2) is 45.1 Å². The fourth-order valence-electron chi connectivity index (χ4n) is 2.39. The van der Waals surface area contributed by atoms with Gasteiger partial charge in [-0.2, -0.15) is 5.10 Å². The van der Waals surface area contributed by atoms with Crippen molar-refractivity contribution >= 4 is 27.8 Å². The maximum atomic E-state index is 12.4. The molecule has 1 amide bonds. The van der Waals surface area contributed by atoms with Crippen LogP contribution in [0.25, 0.3) is 0 Å². The molecule has 0 fully saturated rings. The third-order valence-corrected chi connectivity index (χ3v) is 4.97. The lowest BCUT2D eigenvalue weighted by Crippen LogP contribution is -2.46. The Morgan fingerprint density at radius 1 is 1.22 bits per heavy atom. The van der Waals surface area contributed by atoms with Crippen molar-refractivity contribution in [1.29, 1.82) is 0 Å². The van der Waals surface area contributed by atoms with Gasteiger partial charge < -0.3 is 9.84 Å². The molecule has 0 heterocycles. The number of para-hydroxylation sites is 1. The SMILES string of the molecule is COc1ccc(N([C@@H](C)C(=O)N/N=C\c2ccccc2O)S(C)(=O)=O)cc1. The first-order valence-electron chi connectivity index (χ1n) is 7.98. The van der Waals surface area contributed by atoms with Gasteiger partial charge in [0, 0.05) is 5.56 Å². The van der Waals surface area contributed by atoms with Crippen LogP contribution < -0.4 is 14.5 Å². The summed E-state index contributed by atoms with van der Waals surface area (Å²) in [5.74, 6) is -0.0426. The first-order chi connectivity index (χ1) is 12.7. The summed E-state index contributed by atoms with van der Waals surface area (Å²) < 4.78 is 30.5. The van der Waals surface area contributed by atoms with Gasteiger partial charge in [-0.25, -0.2) is 13.8 Å². The first kappa shape index (κ1) is 20.2. The van der Waals surface area contributed by atoms with Crippen LogP contribution in [0.4, 0.5) is 5.69 Å². The molecule has 0 unspecified atom stereocenters. The van der Waals surface area contributed by atoms with E-state index in [0.29, 0.717) is 17.0 Å². The minimum Gasteiger partial charge on any atom is -0.507 e. The quantitative estimate of drug-likeness (QED) is 0.552. The third kappa shape index (κ3) is 5.20. The Bertz CT molecular complexity index is 926. The molecular weight excluding hydrogens is 370 g/mol. The van der Waals surface area contributed by atoms with E-state index in [4.69, 9.17) is 4.74 Å². The number of carbonyl (C=O) groups is 1. The molecule has 27 heavy (non-hydrogen) atoms. The minimum absolute atomic E-state index is 0.0135. The molecule has 0 bridgehead atoms. The Morgan fingerprint density at radius 3 is 2.41 bits per heavy atom. The van der Waals surface area contributed by atoms with Crippen LogP contribution >= 0.6 is 0 Å². The van der Waals surface area contributed by atoms with E-state index < -0.39 is 22.0 Å². The number of rotatable bonds is 7. The molecule has 2 aromatic carbocycles. The molecule has 2 aromatic rings. The Morgan fingerprint density at radius 2 is 1.85 bits per heavy atom. The lowest BCUT2D eigenvalue weighted by molar-refractivity contribution is -0.121. The van der Waals surface area contributed by atoms with Gasteiger partial charge in [-0.05, 0) is 43.3 Å². The molecular formula is C18H21N3O5S. The zero-order chi connectivity index (χ0) is 20.0. The predicted molar refractivity (Wildman–Crippen MR) is 104 cm³/mol. The second-order valence-corrected chi connectivity index (χ2v) is 7.59. The van der Waals surface area contributed by atoms with Crippen molar-refractivity contribution in [2.75, 3.05) is 17.7 Å². The van der Waals surface area contributed by atoms with E-state index in [1.165, 1.54) is 26.3 Å². The predicted octanol–water partition coefficient (Wildman–Crippen LogP) is 1.71. The number of hydrazone groups is 1. The Labute approximate surface area is 158 Å². The lowest BCUT2D eigenvalue weighted by atomic mass is 10.2. The molecule has 0 aliphatic carbocycles. The third-order valence-electron chi connectivity index (χ3n) is 3.73. The van der Waals surface area contributed by atoms with E-state index in [0.717, 1.165) is 10.6 Å². The van der Waals surface area contributed by atoms with Crippen LogP contribution in [0.5, 0.6) is 11.5 Å². The van der Waals surface area contributed by atoms with Gasteiger partial charge >= 0.3 is 0 Å². The van der Waals surface area contributed by atoms with Crippen molar-refractivity contribution in [3.63, 3.8) is 0 Å². The second kappa shape index (κ2) is 8.54. The van der Waals surface area contributed by atoms with E-state index in [2.05, 4.69) is 10.5 Å². The number of anilines is 1. The molecule has 2 N–H and O–H groups in total. The number of sulfonamides is 1. The maximum absolute atomic E-state index is 12.4. The second-order valence-electron chi connectivity index (χ2n) is 5.73. The van der Waals surface area contributed by atoms with Gasteiger partial charge in [0.25, 0.3) is 5.91 Å². The number of nitrogens with one attached hydrogen (secondary N) is 1. The first-order valence-corrected chi connectivity index (χ1v) is 9.83. The maximum Gasteiger partial charge on any atom is 0.263 e. The lowest BCUT2D eigenvalue weighted by Gasteiger charge is -2.27. The number of hydrogen-bond donors (Lipinski definition) is 2. The van der Waals surface area contributed by atoms with Crippen LogP contribution in [-0.2, 0) is 14.8 Å². The standard InChI is InChI=1S/C18H21N3O5S/c1-13(18(23)20-19-12-14-6-4-5-7-17(14)22)21(27(3,24)25)15-8-10-16(26-2)11-9-15/h4-13,22H,1-3H3,(H,20,23)/b19-12-/t13-/m0/s1. The van der Waals surface area contributed by atoms with Gasteiger partial charge in [0.2, 0.25) is 10.0 Å². The summed E-state index contributed by atoms with van der Waals surface area (Å²) >= 11 is 0. The molecule has 0 aliphatic heterocycles. The topological polar surface area (TPSA) is 108 Å². The molecule has 0 saturated carbocycles. The normalized spacial score (nSPS) is 12.6. The van der Waals surface area contributed by atoms with Gasteiger partial charge in [-0.15, -0.1) is 0 Å². The van der Waals surface area contributed by atoms with E-state index in [1.807, 2.05) is 0 Å². The van der Waals surface area contributed by atoms with Crippen molar-refractivity contribution in [3.05, 3.63) is 54.1 Å². The number of amides is 1. The molecule has 0 aromatic heterocycles. The Hall–Kier alpha value is -3.07. The molecule has 1 atom stereocenters. The van der Waals surface area contributed by atoms with Crippen molar-refractivity contribution in [1.82, 2.24) is 5.43 Å². The van der Waals surface area contributed by atoms with Crippen molar-refractivity contribution < 1.29 is 23.1 Å². The number of carbonyl (C=O) groups excluding carboxylic acids is 1. The van der Waals surface area contributed by atoms with Gasteiger partial charge in [-0.1, -0.05) is 12.1 Å². The monoisotopic (exact) mass is 391 g/mol. The van der Waals surface area contributed by atoms with Gasteiger partial charge in [0.1, 0.15) is 17.5 Å². The van der Waals surface area contributed by atoms with Gasteiger partial charge in [0.15, 0.2) is 0 Å². The number of nitrogens with zero attached hydrogens (tertiary/aromatic N) is 2. The van der Waals surface area contributed by atoms with Crippen LogP contribution in [0.15, 0.2) is 53.6 Å². The molecule has 0 spiro atoms. The molecule has 144 valence electrons. The Kier molecular flexibility index (Phi) is 6.40. The molecule has 2 rings (SSSR count). The minimum atomic E-state index is -3.73. The highest BCUT2D eigenvalue weighted by atomic mass is 32.2. The molecule has 0 radical (unpaired) electrons. The van der Waals surface area contributed by atoms with Crippen molar-refractivity contribution in [2.24, 2.45) is 5.10 Å². The van der Waals surface area contributed by atoms with Crippen LogP contribution in [0.3, 0.4) is 0 Å². The fourth-order valence-corrected chi connectivity index (χ4v) is 3.57. The molecule has 0 aliphatic rings. The zero-order valence-corrected chi connectivity index (χ0v) is 16.0. The van der Waals surface area contributed by atoms with Gasteiger partial charge in [0.05, 0.1) is 25.3 Å². The molecule has 0 saturated heterocycles. The summed E-state index contributed by atoms with van der Waals surface area (Å²) in [6.45, 7) is 1.45. The summed E-state index contributed by atoms with van der Waals surface area (Å²) in [6.07, 6.45) is 2.30. The number of phenolic OH excluding ortho intramolecular Hbond substituents is 1. The largest absolute Gasteiger partial charge is 0.507 e. The van der Waals surface area contributed by atoms with E-state index >= 15 is 0 Å². The van der Waals surface area contributed by atoms with Crippen molar-refractivity contribution in [3.8, 4) is 11.5 Å². The number of aromatic hydroxyl groups is 1. The van der Waals surface area contributed by atoms with Crippen LogP contribution in [0.1, 0.15) is 12.5 Å². The Balaban J connectivity index is 2.18. The van der Waals surface area contributed by atoms with Gasteiger partial charge in [-0.3, -0.25) is 9.10 Å². The van der Waals surface area contributed by atoms with E-state index in [1.54, 1.807) is 42.5 Å². The van der Waals surface area contributed by atoms with Crippen LogP contribution in [0, 0.1) is 0 Å². The number of ether oxygens (including phenoxy) is 1. The fraction of sp³-hybridized carbons (Fsp3) is 0.222. The van der Waals surface area contributed by atoms with E-state index in [9.17, 15) is 18.3 Å². The summed E-state index contributed by atoms with van der Waals surface area (Å²) in [5.41, 5.74) is 3.03. The highest BCUT2D eigenvalue weighted by Crippen LogP contribution is 2.23. The van der Waals surface area contributed by atoms with E-state index in [-0.39, 0.29) is 5.75 Å². The number of benzene rings is 2. The summed E-state index contributed by atoms with van der Waals surface area (Å²) in [7, 11) is -2.22. The average Bonchev–Trinajstić information content (AvgIpc) is 2.62. The number of hydrogen-bond acceptors (Lipinski definition) is 6. The highest BCUT2D eigenvalue weighted by Gasteiger charge is 2.29. The number of phenols is 1. The summed E-state index contributed by atoms with van der Waals surface area (Å²) in [5, 5.41) is 13.5. The average molecular weight is 391 g/mol. The number of methoxy groups -OCH3 is 1. The zero-order valence-electron chi connectivity index (χ0n) is 15.2. The summed E-state index contributed by atoms with van der Waals surface area (Å²) in [6, 6.07) is 11.7. The molecule has 8 nitrogen and oxygen atoms in total. The summed E-state index contributed by atoms with van der Waals surface area (Å²) in [4.78, 5) is 12.4. The highest BCUT2D eigenvalue weighted by molar-refractivity contribution is 7.92. The van der Waals surface area contributed by atoms with Crippen LogP contribution in [0.2, 0.25) is 0 Å². The molecule has 9 heteroatoms.